The Bertz CT molecular complexity index is 1130. The van der Waals surface area contributed by atoms with E-state index in [9.17, 15) is 0 Å². The molecule has 5 rings (SSSR count). The molecule has 0 amide bonds. The lowest BCUT2D eigenvalue weighted by Gasteiger charge is -2.26. The number of imidazole rings is 1. The second-order valence-corrected chi connectivity index (χ2v) is 7.16. The summed E-state index contributed by atoms with van der Waals surface area (Å²) in [5.41, 5.74) is 4.24. The fourth-order valence-corrected chi connectivity index (χ4v) is 3.84. The van der Waals surface area contributed by atoms with Gasteiger partial charge in [-0.05, 0) is 50.2 Å². The first-order valence-corrected chi connectivity index (χ1v) is 9.70. The molecular formula is C22H24N4O2. The third kappa shape index (κ3) is 3.68. The van der Waals surface area contributed by atoms with E-state index in [1.165, 1.54) is 32.4 Å². The quantitative estimate of drug-likeness (QED) is 0.570. The third-order valence-corrected chi connectivity index (χ3v) is 5.03. The highest BCUT2D eigenvalue weighted by Gasteiger charge is 2.17. The summed E-state index contributed by atoms with van der Waals surface area (Å²) < 4.78 is 2.26. The number of hydrogen-bond donors (Lipinski definition) is 1. The van der Waals surface area contributed by atoms with Gasteiger partial charge in [0.1, 0.15) is 11.5 Å². The molecule has 1 aliphatic rings. The monoisotopic (exact) mass is 376 g/mol. The van der Waals surface area contributed by atoms with Crippen LogP contribution in [0.25, 0.3) is 27.6 Å². The van der Waals surface area contributed by atoms with E-state index in [-0.39, 0.29) is 0 Å². The standard InChI is InChI=1S/C20H20N4.C2H4O2/c1-6-12-23(13-7-1)14-19-21-16-9-3-2-8-15(16)20-22-17-10-4-5-11-18(17)24(19)20;1-2(3)4/h2-5,8-11H,1,6-7,12-14H2;1H3,(H,3,4). The van der Waals surface area contributed by atoms with Crippen LogP contribution in [0.3, 0.4) is 0 Å². The average molecular weight is 376 g/mol. The minimum atomic E-state index is -0.833. The zero-order valence-electron chi connectivity index (χ0n) is 16.0. The molecule has 0 atom stereocenters. The molecule has 0 unspecified atom stereocenters. The molecule has 0 saturated carbocycles. The van der Waals surface area contributed by atoms with Crippen LogP contribution in [0, 0.1) is 0 Å². The van der Waals surface area contributed by atoms with Gasteiger partial charge in [0.05, 0.1) is 23.1 Å². The third-order valence-electron chi connectivity index (χ3n) is 5.03. The summed E-state index contributed by atoms with van der Waals surface area (Å²) in [5.74, 6) is 0.263. The maximum Gasteiger partial charge on any atom is 0.300 e. The summed E-state index contributed by atoms with van der Waals surface area (Å²) in [5, 5.41) is 8.54. The molecule has 1 aliphatic heterocycles. The van der Waals surface area contributed by atoms with E-state index in [1.54, 1.807) is 0 Å². The number of likely N-dealkylation sites (tertiary alicyclic amines) is 1. The minimum Gasteiger partial charge on any atom is -0.481 e. The Morgan fingerprint density at radius 3 is 2.36 bits per heavy atom. The number of carboxylic acids is 1. The van der Waals surface area contributed by atoms with Crippen molar-refractivity contribution in [2.45, 2.75) is 32.7 Å². The Labute approximate surface area is 163 Å². The molecule has 0 radical (unpaired) electrons. The molecule has 1 fully saturated rings. The summed E-state index contributed by atoms with van der Waals surface area (Å²) in [6.07, 6.45) is 3.94. The van der Waals surface area contributed by atoms with E-state index in [0.717, 1.165) is 46.9 Å². The number of rotatable bonds is 2. The van der Waals surface area contributed by atoms with Gasteiger partial charge in [-0.2, -0.15) is 0 Å². The number of aliphatic carboxylic acids is 1. The molecule has 1 N–H and O–H groups in total. The van der Waals surface area contributed by atoms with Gasteiger partial charge in [-0.1, -0.05) is 30.7 Å². The summed E-state index contributed by atoms with van der Waals surface area (Å²) in [7, 11) is 0. The molecule has 0 aliphatic carbocycles. The van der Waals surface area contributed by atoms with Crippen LogP contribution in [0.15, 0.2) is 48.5 Å². The maximum atomic E-state index is 9.00. The van der Waals surface area contributed by atoms with Gasteiger partial charge in [-0.15, -0.1) is 0 Å². The lowest BCUT2D eigenvalue weighted by atomic mass is 10.1. The van der Waals surface area contributed by atoms with E-state index in [2.05, 4.69) is 57.8 Å². The van der Waals surface area contributed by atoms with Gasteiger partial charge in [0.15, 0.2) is 0 Å². The van der Waals surface area contributed by atoms with Crippen molar-refractivity contribution >= 4 is 33.6 Å². The molecule has 0 bridgehead atoms. The van der Waals surface area contributed by atoms with Gasteiger partial charge < -0.3 is 5.11 Å². The number of benzene rings is 2. The predicted octanol–water partition coefficient (Wildman–Crippen LogP) is 4.11. The SMILES string of the molecule is CC(=O)O.c1ccc2c(c1)nc(CN1CCCCC1)n1c3ccccc3nc21. The smallest absolute Gasteiger partial charge is 0.300 e. The molecular weight excluding hydrogens is 352 g/mol. The lowest BCUT2D eigenvalue weighted by Crippen LogP contribution is -2.30. The molecule has 28 heavy (non-hydrogen) atoms. The van der Waals surface area contributed by atoms with Crippen LogP contribution in [0.4, 0.5) is 0 Å². The molecule has 6 nitrogen and oxygen atoms in total. The molecule has 2 aromatic carbocycles. The van der Waals surface area contributed by atoms with Crippen LogP contribution in [-0.4, -0.2) is 43.4 Å². The van der Waals surface area contributed by atoms with E-state index in [4.69, 9.17) is 19.9 Å². The van der Waals surface area contributed by atoms with Gasteiger partial charge in [-0.3, -0.25) is 14.1 Å². The van der Waals surface area contributed by atoms with Gasteiger partial charge in [0, 0.05) is 12.3 Å². The maximum absolute atomic E-state index is 9.00. The number of para-hydroxylation sites is 3. The number of hydrogen-bond acceptors (Lipinski definition) is 4. The molecule has 2 aromatic heterocycles. The van der Waals surface area contributed by atoms with E-state index in [1.807, 2.05) is 0 Å². The van der Waals surface area contributed by atoms with Crippen LogP contribution < -0.4 is 0 Å². The first-order valence-electron chi connectivity index (χ1n) is 9.70. The van der Waals surface area contributed by atoms with Crippen LogP contribution in [0.5, 0.6) is 0 Å². The van der Waals surface area contributed by atoms with Crippen molar-refractivity contribution in [1.29, 1.82) is 0 Å². The Kier molecular flexibility index (Phi) is 5.21. The topological polar surface area (TPSA) is 70.7 Å². The van der Waals surface area contributed by atoms with Gasteiger partial charge >= 0.3 is 0 Å². The van der Waals surface area contributed by atoms with E-state index < -0.39 is 5.97 Å². The normalized spacial score (nSPS) is 14.9. The summed E-state index contributed by atoms with van der Waals surface area (Å²) in [4.78, 5) is 21.4. The molecule has 4 aromatic rings. The molecule has 6 heteroatoms. The Balaban J connectivity index is 0.000000442. The molecule has 0 spiro atoms. The number of aromatic nitrogens is 3. The minimum absolute atomic E-state index is 0.833. The second kappa shape index (κ2) is 7.94. The first-order chi connectivity index (χ1) is 13.6. The van der Waals surface area contributed by atoms with Crippen molar-refractivity contribution in [2.24, 2.45) is 0 Å². The van der Waals surface area contributed by atoms with Gasteiger partial charge in [0.2, 0.25) is 0 Å². The lowest BCUT2D eigenvalue weighted by molar-refractivity contribution is -0.134. The number of fused-ring (bicyclic) bond motifs is 5. The second-order valence-electron chi connectivity index (χ2n) is 7.16. The number of carbonyl (C=O) groups is 1. The van der Waals surface area contributed by atoms with Crippen molar-refractivity contribution in [1.82, 2.24) is 19.3 Å². The number of carboxylic acid groups (broad SMARTS) is 1. The Hall–Kier alpha value is -2.99. The van der Waals surface area contributed by atoms with Crippen molar-refractivity contribution in [3.8, 4) is 0 Å². The zero-order valence-corrected chi connectivity index (χ0v) is 16.0. The fraction of sp³-hybridized carbons (Fsp3) is 0.318. The molecule has 144 valence electrons. The Morgan fingerprint density at radius 1 is 0.964 bits per heavy atom. The highest BCUT2D eigenvalue weighted by molar-refractivity contribution is 5.96. The Morgan fingerprint density at radius 2 is 1.61 bits per heavy atom. The van der Waals surface area contributed by atoms with Crippen LogP contribution in [0.1, 0.15) is 32.0 Å². The summed E-state index contributed by atoms with van der Waals surface area (Å²) in [6, 6.07) is 16.7. The highest BCUT2D eigenvalue weighted by atomic mass is 16.4. The first kappa shape index (κ1) is 18.4. The molecule has 3 heterocycles. The highest BCUT2D eigenvalue weighted by Crippen LogP contribution is 2.25. The zero-order chi connectivity index (χ0) is 19.5. The van der Waals surface area contributed by atoms with Crippen molar-refractivity contribution in [3.63, 3.8) is 0 Å². The van der Waals surface area contributed by atoms with Crippen molar-refractivity contribution in [3.05, 3.63) is 54.4 Å². The fourth-order valence-electron chi connectivity index (χ4n) is 3.84. The average Bonchev–Trinajstić information content (AvgIpc) is 3.09. The van der Waals surface area contributed by atoms with Gasteiger partial charge in [-0.25, -0.2) is 9.97 Å². The van der Waals surface area contributed by atoms with Gasteiger partial charge in [0.25, 0.3) is 5.97 Å². The van der Waals surface area contributed by atoms with Crippen LogP contribution in [-0.2, 0) is 11.3 Å². The van der Waals surface area contributed by atoms with Crippen LogP contribution >= 0.6 is 0 Å². The summed E-state index contributed by atoms with van der Waals surface area (Å²) in [6.45, 7) is 4.31. The summed E-state index contributed by atoms with van der Waals surface area (Å²) >= 11 is 0. The van der Waals surface area contributed by atoms with Crippen molar-refractivity contribution < 1.29 is 9.90 Å². The largest absolute Gasteiger partial charge is 0.481 e. The van der Waals surface area contributed by atoms with Crippen LogP contribution in [0.2, 0.25) is 0 Å². The van der Waals surface area contributed by atoms with E-state index >= 15 is 0 Å². The molecule has 1 saturated heterocycles. The number of piperidine rings is 1. The predicted molar refractivity (Wildman–Crippen MR) is 110 cm³/mol. The van der Waals surface area contributed by atoms with Crippen molar-refractivity contribution in [2.75, 3.05) is 13.1 Å². The van der Waals surface area contributed by atoms with E-state index in [0.29, 0.717) is 0 Å². The number of nitrogens with zero attached hydrogens (tertiary/aromatic N) is 4.